The molecule has 2 aromatic carbocycles. The quantitative estimate of drug-likeness (QED) is 0.522. The summed E-state index contributed by atoms with van der Waals surface area (Å²) in [4.78, 5) is 4.49. The van der Waals surface area contributed by atoms with Crippen LogP contribution < -0.4 is 9.47 Å². The van der Waals surface area contributed by atoms with Gasteiger partial charge in [-0.1, -0.05) is 36.9 Å². The Morgan fingerprint density at radius 3 is 2.62 bits per heavy atom. The second-order valence-corrected chi connectivity index (χ2v) is 6.56. The summed E-state index contributed by atoms with van der Waals surface area (Å²) in [5.74, 6) is 1.48. The Labute approximate surface area is 171 Å². The van der Waals surface area contributed by atoms with E-state index in [1.54, 1.807) is 25.4 Å². The van der Waals surface area contributed by atoms with Gasteiger partial charge in [-0.3, -0.25) is 4.98 Å². The molecule has 1 aromatic heterocycles. The lowest BCUT2D eigenvalue weighted by Gasteiger charge is -2.14. The molecule has 1 heterocycles. The van der Waals surface area contributed by atoms with Crippen LogP contribution in [0.1, 0.15) is 34.9 Å². The molecule has 144 valence electrons. The van der Waals surface area contributed by atoms with Gasteiger partial charge in [0.05, 0.1) is 18.7 Å². The Hall–Kier alpha value is -3.84. The first-order valence-electron chi connectivity index (χ1n) is 9.19. The highest BCUT2D eigenvalue weighted by molar-refractivity contribution is 5.76. The van der Waals surface area contributed by atoms with Crippen molar-refractivity contribution in [3.63, 3.8) is 0 Å². The zero-order valence-corrected chi connectivity index (χ0v) is 16.6. The van der Waals surface area contributed by atoms with E-state index >= 15 is 0 Å². The molecule has 0 N–H and O–H groups in total. The Balaban J connectivity index is 1.88. The SMILES string of the molecule is C=C(C)c1ccnc(C=Cc2ccc(C#N)cc2)c1OCc1cccc(OC)c1. The standard InChI is InChI=1S/C25H22N2O2/c1-18(2)23-13-14-27-24(12-11-19-7-9-20(16-26)10-8-19)25(23)29-17-21-5-4-6-22(15-21)28-3/h4-15H,1,17H2,2-3H3. The number of benzene rings is 2. The number of nitriles is 1. The predicted molar refractivity (Wildman–Crippen MR) is 116 cm³/mol. The van der Waals surface area contributed by atoms with Crippen LogP contribution in [-0.4, -0.2) is 12.1 Å². The number of rotatable bonds is 7. The van der Waals surface area contributed by atoms with Gasteiger partial charge in [0.15, 0.2) is 5.75 Å². The molecule has 0 spiro atoms. The summed E-state index contributed by atoms with van der Waals surface area (Å²) in [7, 11) is 1.65. The molecule has 4 nitrogen and oxygen atoms in total. The van der Waals surface area contributed by atoms with Crippen molar-refractivity contribution in [1.29, 1.82) is 5.26 Å². The number of nitrogens with zero attached hydrogens (tertiary/aromatic N) is 2. The third-order valence-electron chi connectivity index (χ3n) is 4.38. The van der Waals surface area contributed by atoms with Crippen molar-refractivity contribution >= 4 is 17.7 Å². The van der Waals surface area contributed by atoms with Gasteiger partial charge in [0.1, 0.15) is 18.1 Å². The first-order chi connectivity index (χ1) is 14.1. The van der Waals surface area contributed by atoms with Gasteiger partial charge in [-0.15, -0.1) is 0 Å². The molecule has 0 aliphatic carbocycles. The van der Waals surface area contributed by atoms with E-state index in [9.17, 15) is 0 Å². The van der Waals surface area contributed by atoms with E-state index in [1.807, 2.05) is 61.5 Å². The smallest absolute Gasteiger partial charge is 0.152 e. The van der Waals surface area contributed by atoms with E-state index in [1.165, 1.54) is 0 Å². The molecule has 3 aromatic rings. The van der Waals surface area contributed by atoms with Crippen LogP contribution in [-0.2, 0) is 6.61 Å². The summed E-state index contributed by atoms with van der Waals surface area (Å²) in [5, 5.41) is 8.93. The summed E-state index contributed by atoms with van der Waals surface area (Å²) >= 11 is 0. The maximum atomic E-state index is 8.93. The van der Waals surface area contributed by atoms with Crippen molar-refractivity contribution < 1.29 is 9.47 Å². The number of hydrogen-bond donors (Lipinski definition) is 0. The fraction of sp³-hybridized carbons (Fsp3) is 0.120. The van der Waals surface area contributed by atoms with E-state index < -0.39 is 0 Å². The normalized spacial score (nSPS) is 10.5. The summed E-state index contributed by atoms with van der Waals surface area (Å²) in [6.45, 7) is 6.40. The highest BCUT2D eigenvalue weighted by atomic mass is 16.5. The van der Waals surface area contributed by atoms with Gasteiger partial charge < -0.3 is 9.47 Å². The largest absolute Gasteiger partial charge is 0.497 e. The van der Waals surface area contributed by atoms with Crippen LogP contribution in [0.2, 0.25) is 0 Å². The molecule has 0 saturated heterocycles. The molecular weight excluding hydrogens is 360 g/mol. The topological polar surface area (TPSA) is 55.1 Å². The summed E-state index contributed by atoms with van der Waals surface area (Å²) in [6.07, 6.45) is 5.61. The summed E-state index contributed by atoms with van der Waals surface area (Å²) in [5.41, 5.74) is 5.15. The van der Waals surface area contributed by atoms with Gasteiger partial charge in [-0.2, -0.15) is 5.26 Å². The Kier molecular flexibility index (Phi) is 6.44. The Morgan fingerprint density at radius 1 is 1.14 bits per heavy atom. The zero-order valence-electron chi connectivity index (χ0n) is 16.6. The average molecular weight is 382 g/mol. The van der Waals surface area contributed by atoms with Crippen LogP contribution >= 0.6 is 0 Å². The van der Waals surface area contributed by atoms with Crippen molar-refractivity contribution in [3.05, 3.63) is 95.3 Å². The first-order valence-corrected chi connectivity index (χ1v) is 9.19. The molecule has 0 atom stereocenters. The Bertz CT molecular complexity index is 1080. The molecule has 0 unspecified atom stereocenters. The molecule has 4 heteroatoms. The first kappa shape index (κ1) is 19.9. The van der Waals surface area contributed by atoms with Gasteiger partial charge >= 0.3 is 0 Å². The van der Waals surface area contributed by atoms with Gasteiger partial charge in [-0.05, 0) is 60.0 Å². The zero-order chi connectivity index (χ0) is 20.6. The minimum absolute atomic E-state index is 0.390. The highest BCUT2D eigenvalue weighted by Crippen LogP contribution is 2.30. The lowest BCUT2D eigenvalue weighted by Crippen LogP contribution is -2.01. The highest BCUT2D eigenvalue weighted by Gasteiger charge is 2.11. The van der Waals surface area contributed by atoms with Crippen molar-refractivity contribution in [2.75, 3.05) is 7.11 Å². The molecule has 3 rings (SSSR count). The van der Waals surface area contributed by atoms with Gasteiger partial charge in [0.25, 0.3) is 0 Å². The molecule has 0 saturated carbocycles. The fourth-order valence-electron chi connectivity index (χ4n) is 2.83. The summed E-state index contributed by atoms with van der Waals surface area (Å²) in [6, 6.07) is 19.2. The van der Waals surface area contributed by atoms with E-state index in [-0.39, 0.29) is 0 Å². The fourth-order valence-corrected chi connectivity index (χ4v) is 2.83. The van der Waals surface area contributed by atoms with E-state index in [4.69, 9.17) is 14.7 Å². The minimum Gasteiger partial charge on any atom is -0.497 e. The minimum atomic E-state index is 0.390. The maximum Gasteiger partial charge on any atom is 0.152 e. The number of aromatic nitrogens is 1. The average Bonchev–Trinajstić information content (AvgIpc) is 2.76. The maximum absolute atomic E-state index is 8.93. The van der Waals surface area contributed by atoms with Crippen LogP contribution in [0.4, 0.5) is 0 Å². The Morgan fingerprint density at radius 2 is 1.93 bits per heavy atom. The van der Waals surface area contributed by atoms with Gasteiger partial charge in [0, 0.05) is 11.8 Å². The van der Waals surface area contributed by atoms with Gasteiger partial charge in [0.2, 0.25) is 0 Å². The number of hydrogen-bond acceptors (Lipinski definition) is 4. The molecule has 0 fully saturated rings. The van der Waals surface area contributed by atoms with Crippen molar-refractivity contribution in [2.24, 2.45) is 0 Å². The van der Waals surface area contributed by atoms with Crippen LogP contribution in [0.25, 0.3) is 17.7 Å². The molecular formula is C25H22N2O2. The molecule has 0 bridgehead atoms. The van der Waals surface area contributed by atoms with Crippen molar-refractivity contribution in [1.82, 2.24) is 4.98 Å². The predicted octanol–water partition coefficient (Wildman–Crippen LogP) is 5.74. The van der Waals surface area contributed by atoms with Crippen LogP contribution in [0.5, 0.6) is 11.5 Å². The molecule has 0 amide bonds. The molecule has 0 aliphatic heterocycles. The van der Waals surface area contributed by atoms with Crippen LogP contribution in [0.15, 0.2) is 67.4 Å². The number of pyridine rings is 1. The second kappa shape index (κ2) is 9.38. The number of methoxy groups -OCH3 is 1. The van der Waals surface area contributed by atoms with E-state index in [0.29, 0.717) is 17.9 Å². The molecule has 0 aliphatic rings. The summed E-state index contributed by atoms with van der Waals surface area (Å²) < 4.78 is 11.5. The number of allylic oxidation sites excluding steroid dienone is 1. The lowest BCUT2D eigenvalue weighted by atomic mass is 10.1. The van der Waals surface area contributed by atoms with Crippen LogP contribution in [0, 0.1) is 11.3 Å². The molecule has 0 radical (unpaired) electrons. The van der Waals surface area contributed by atoms with Crippen LogP contribution in [0.3, 0.4) is 0 Å². The molecule has 29 heavy (non-hydrogen) atoms. The second-order valence-electron chi connectivity index (χ2n) is 6.56. The third-order valence-corrected chi connectivity index (χ3v) is 4.38. The number of ether oxygens (including phenoxy) is 2. The van der Waals surface area contributed by atoms with Crippen molar-refractivity contribution in [3.8, 4) is 17.6 Å². The van der Waals surface area contributed by atoms with Crippen molar-refractivity contribution in [2.45, 2.75) is 13.5 Å². The van der Waals surface area contributed by atoms with E-state index in [2.05, 4.69) is 17.6 Å². The van der Waals surface area contributed by atoms with E-state index in [0.717, 1.165) is 33.7 Å². The monoisotopic (exact) mass is 382 g/mol. The lowest BCUT2D eigenvalue weighted by molar-refractivity contribution is 0.302. The third kappa shape index (κ3) is 5.12. The van der Waals surface area contributed by atoms with Gasteiger partial charge in [-0.25, -0.2) is 0 Å².